The van der Waals surface area contributed by atoms with Gasteiger partial charge in [0.1, 0.15) is 18.6 Å². The Morgan fingerprint density at radius 3 is 2.35 bits per heavy atom. The van der Waals surface area contributed by atoms with Crippen LogP contribution in [0.3, 0.4) is 0 Å². The van der Waals surface area contributed by atoms with Crippen molar-refractivity contribution in [2.75, 3.05) is 101 Å². The maximum absolute atomic E-state index is 12.5. The van der Waals surface area contributed by atoms with Gasteiger partial charge in [0.2, 0.25) is 17.7 Å². The molecule has 0 bridgehead atoms. The molecule has 4 aliphatic heterocycles. The van der Waals surface area contributed by atoms with Gasteiger partial charge in [0, 0.05) is 150 Å². The zero-order valence-corrected chi connectivity index (χ0v) is 47.4. The predicted octanol–water partition coefficient (Wildman–Crippen LogP) is 10.9. The number of aromatic nitrogens is 3. The maximum atomic E-state index is 12.5. The Morgan fingerprint density at radius 2 is 1.60 bits per heavy atom. The molecule has 0 radical (unpaired) electrons. The van der Waals surface area contributed by atoms with Gasteiger partial charge in [-0.3, -0.25) is 14.6 Å². The zero-order valence-electron chi connectivity index (χ0n) is 47.4. The van der Waals surface area contributed by atoms with E-state index in [9.17, 15) is 9.59 Å². The zero-order chi connectivity index (χ0) is 54.4. The number of carbonyl (C=O) groups excluding carboxylic acids is 2. The fourth-order valence-corrected chi connectivity index (χ4v) is 12.0. The van der Waals surface area contributed by atoms with Crippen LogP contribution in [0.1, 0.15) is 91.0 Å². The minimum absolute atomic E-state index is 0.0418. The first-order chi connectivity index (χ1) is 38.1. The number of piperidine rings is 1. The van der Waals surface area contributed by atoms with E-state index in [1.165, 1.54) is 49.4 Å². The summed E-state index contributed by atoms with van der Waals surface area (Å²) in [4.78, 5) is 50.4. The van der Waals surface area contributed by atoms with Gasteiger partial charge in [-0.1, -0.05) is 75.3 Å². The normalized spacial score (nSPS) is 19.5. The first-order valence-electron chi connectivity index (χ1n) is 29.2. The highest BCUT2D eigenvalue weighted by molar-refractivity contribution is 5.87. The maximum Gasteiger partial charge on any atom is 0.237 e. The number of hydrogen-bond donors (Lipinski definition) is 3. The van der Waals surface area contributed by atoms with Crippen LogP contribution in [0.15, 0.2) is 126 Å². The summed E-state index contributed by atoms with van der Waals surface area (Å²) in [5, 5.41) is 10.6. The highest BCUT2D eigenvalue weighted by Gasteiger charge is 2.29. The second kappa shape index (κ2) is 27.2. The number of ether oxygens (including phenoxy) is 1. The van der Waals surface area contributed by atoms with Crippen LogP contribution < -0.4 is 25.6 Å². The van der Waals surface area contributed by atoms with Gasteiger partial charge in [-0.25, -0.2) is 15.0 Å². The lowest BCUT2D eigenvalue weighted by atomic mass is 9.92. The van der Waals surface area contributed by atoms with Crippen molar-refractivity contribution in [3.63, 3.8) is 0 Å². The summed E-state index contributed by atoms with van der Waals surface area (Å²) >= 11 is 0. The highest BCUT2D eigenvalue weighted by atomic mass is 16.5. The molecule has 3 unspecified atom stereocenters. The van der Waals surface area contributed by atoms with E-state index in [-0.39, 0.29) is 11.8 Å². The number of hydrogen-bond acceptors (Lipinski definition) is 13. The monoisotopic (exact) mass is 1060 g/mol. The fourth-order valence-electron chi connectivity index (χ4n) is 12.0. The quantitative estimate of drug-likeness (QED) is 0.0867. The summed E-state index contributed by atoms with van der Waals surface area (Å²) in [6.07, 6.45) is 31.5. The van der Waals surface area contributed by atoms with E-state index in [4.69, 9.17) is 9.72 Å². The van der Waals surface area contributed by atoms with E-state index in [2.05, 4.69) is 176 Å². The third kappa shape index (κ3) is 13.9. The Labute approximate surface area is 464 Å². The molecular formula is C64H85N11O3. The van der Waals surface area contributed by atoms with E-state index in [0.717, 1.165) is 141 Å². The van der Waals surface area contributed by atoms with Crippen molar-refractivity contribution in [2.24, 2.45) is 11.8 Å². The van der Waals surface area contributed by atoms with Crippen molar-refractivity contribution >= 4 is 46.1 Å². The topological polar surface area (TPSA) is 134 Å². The van der Waals surface area contributed by atoms with Crippen LogP contribution in [-0.4, -0.2) is 144 Å². The number of allylic oxidation sites excluding steroid dienone is 9. The number of nitrogens with one attached hydrogen (secondary N) is 3. The van der Waals surface area contributed by atoms with Gasteiger partial charge in [-0.2, -0.15) is 0 Å². The van der Waals surface area contributed by atoms with Gasteiger partial charge in [0.15, 0.2) is 0 Å². The van der Waals surface area contributed by atoms with Crippen molar-refractivity contribution in [2.45, 2.75) is 104 Å². The second-order valence-electron chi connectivity index (χ2n) is 21.9. The van der Waals surface area contributed by atoms with E-state index in [1.807, 2.05) is 12.4 Å². The smallest absolute Gasteiger partial charge is 0.237 e. The molecule has 3 atom stereocenters. The molecule has 2 aromatic heterocycles. The number of aldehydes is 1. The molecule has 78 heavy (non-hydrogen) atoms. The summed E-state index contributed by atoms with van der Waals surface area (Å²) in [6.45, 7) is 23.7. The highest BCUT2D eigenvalue weighted by Crippen LogP contribution is 2.36. The SMILES string of the molecule is CCCC(C)C1=CC=C(N2CCN(C(C)CC)CC2)C=CC1.CNC(=O)C(CCC=O)C1=CC=C(N2CCN(C3CCN(c4ccc(Nc5ncc6ccc(-c7cnc8c(c7C)NCCO8)cc6n5)cc4)CC3)CC2)CC=C1. The van der Waals surface area contributed by atoms with Crippen molar-refractivity contribution < 1.29 is 14.3 Å². The minimum atomic E-state index is -0.308. The summed E-state index contributed by atoms with van der Waals surface area (Å²) < 4.78 is 5.72. The molecule has 14 nitrogen and oxygen atoms in total. The van der Waals surface area contributed by atoms with Crippen molar-refractivity contribution in [1.29, 1.82) is 0 Å². The number of amides is 1. The lowest BCUT2D eigenvalue weighted by molar-refractivity contribution is -0.123. The van der Waals surface area contributed by atoms with Crippen LogP contribution in [0.4, 0.5) is 23.0 Å². The summed E-state index contributed by atoms with van der Waals surface area (Å²) in [7, 11) is 1.65. The van der Waals surface area contributed by atoms with Gasteiger partial charge in [0.25, 0.3) is 0 Å². The number of carbonyl (C=O) groups is 2. The van der Waals surface area contributed by atoms with Gasteiger partial charge in [-0.15, -0.1) is 0 Å². The van der Waals surface area contributed by atoms with Crippen LogP contribution in [-0.2, 0) is 9.59 Å². The number of piperazine rings is 2. The second-order valence-corrected chi connectivity index (χ2v) is 21.9. The van der Waals surface area contributed by atoms with E-state index >= 15 is 0 Å². The predicted molar refractivity (Wildman–Crippen MR) is 319 cm³/mol. The lowest BCUT2D eigenvalue weighted by Crippen LogP contribution is -2.52. The van der Waals surface area contributed by atoms with Crippen LogP contribution in [0, 0.1) is 18.8 Å². The summed E-state index contributed by atoms with van der Waals surface area (Å²) in [5.74, 6) is 1.59. The third-order valence-electron chi connectivity index (χ3n) is 17.0. The molecular weight excluding hydrogens is 971 g/mol. The van der Waals surface area contributed by atoms with Crippen molar-refractivity contribution in [3.8, 4) is 17.0 Å². The fraction of sp³-hybridized carbons (Fsp3) is 0.484. The Bertz CT molecular complexity index is 2860. The molecule has 6 heterocycles. The van der Waals surface area contributed by atoms with Crippen LogP contribution in [0.2, 0.25) is 0 Å². The molecule has 3 N–H and O–H groups in total. The number of pyridine rings is 1. The van der Waals surface area contributed by atoms with Crippen LogP contribution in [0.5, 0.6) is 5.88 Å². The standard InChI is InChI=1S/C44H51N9O3.C20H34N2/c1-30-39(29-47-43-41(30)46-18-26-56-43)32-8-9-33-28-48-44(50-40(33)27-32)49-34-11-14-36(15-12-34)51-19-16-37(17-20-51)53-23-21-52(22-24-53)35-6-3-5-31(10-13-35)38(7-4-25-54)42(55)45-2;1-5-8-17(3)19-9-7-10-20(12-11-19)22-15-13-21(14-16-22)18(4)6-2/h3,5,8-15,25,27-29,37-38,46H,4,6-7,16-24,26H2,1-2H3,(H,45,55)(H,48,49,50);7,10-12,17-18H,5-6,8-9,13-16H2,1-4H3. The first-order valence-corrected chi connectivity index (χ1v) is 29.2. The summed E-state index contributed by atoms with van der Waals surface area (Å²) in [5.41, 5.74) is 12.5. The van der Waals surface area contributed by atoms with Gasteiger partial charge < -0.3 is 40.2 Å². The number of benzene rings is 2. The molecule has 3 saturated heterocycles. The minimum Gasteiger partial charge on any atom is -0.474 e. The molecule has 2 aliphatic carbocycles. The molecule has 10 rings (SSSR count). The molecule has 4 aromatic rings. The van der Waals surface area contributed by atoms with Gasteiger partial charge in [-0.05, 0) is 124 Å². The largest absolute Gasteiger partial charge is 0.474 e. The molecule has 0 spiro atoms. The molecule has 3 fully saturated rings. The molecule has 14 heteroatoms. The van der Waals surface area contributed by atoms with Crippen molar-refractivity contribution in [1.82, 2.24) is 39.9 Å². The first kappa shape index (κ1) is 56.0. The number of fused-ring (bicyclic) bond motifs is 2. The molecule has 414 valence electrons. The van der Waals surface area contributed by atoms with E-state index < -0.39 is 0 Å². The molecule has 6 aliphatic rings. The Morgan fingerprint density at radius 1 is 0.833 bits per heavy atom. The number of anilines is 4. The van der Waals surface area contributed by atoms with Gasteiger partial charge >= 0.3 is 0 Å². The molecule has 0 saturated carbocycles. The molecule has 1 amide bonds. The Kier molecular flexibility index (Phi) is 19.5. The average molecular weight is 1060 g/mol. The number of rotatable bonds is 17. The van der Waals surface area contributed by atoms with Crippen molar-refractivity contribution in [3.05, 3.63) is 132 Å². The summed E-state index contributed by atoms with van der Waals surface area (Å²) in [6, 6.07) is 16.2. The third-order valence-corrected chi connectivity index (χ3v) is 17.0. The number of nitrogens with zero attached hydrogens (tertiary/aromatic N) is 8. The Balaban J connectivity index is 0.000000282. The van der Waals surface area contributed by atoms with Crippen LogP contribution in [0.25, 0.3) is 22.0 Å². The van der Waals surface area contributed by atoms with Gasteiger partial charge in [0.05, 0.1) is 11.4 Å². The Hall–Kier alpha value is -6.77. The van der Waals surface area contributed by atoms with E-state index in [0.29, 0.717) is 43.2 Å². The average Bonchev–Trinajstić information content (AvgIpc) is 3.94. The van der Waals surface area contributed by atoms with E-state index in [1.54, 1.807) is 12.6 Å². The molecule has 2 aromatic carbocycles. The lowest BCUT2D eigenvalue weighted by Gasteiger charge is -2.44. The van der Waals surface area contributed by atoms with Crippen LogP contribution >= 0.6 is 0 Å².